The maximum Gasteiger partial charge on any atom is 0.0738 e. The van der Waals surface area contributed by atoms with E-state index in [4.69, 9.17) is 0 Å². The van der Waals surface area contributed by atoms with Crippen molar-refractivity contribution in [2.24, 2.45) is 7.05 Å². The van der Waals surface area contributed by atoms with E-state index < -0.39 is 0 Å². The van der Waals surface area contributed by atoms with Gasteiger partial charge in [-0.15, -0.1) is 5.10 Å². The molecule has 0 aliphatic heterocycles. The molecule has 4 heteroatoms. The molecule has 1 aromatic carbocycles. The van der Waals surface area contributed by atoms with Gasteiger partial charge in [0.1, 0.15) is 0 Å². The first-order chi connectivity index (χ1) is 8.70. The van der Waals surface area contributed by atoms with Crippen LogP contribution in [-0.2, 0) is 20.0 Å². The molecule has 1 unspecified atom stereocenters. The highest BCUT2D eigenvalue weighted by Crippen LogP contribution is 2.14. The summed E-state index contributed by atoms with van der Waals surface area (Å²) in [4.78, 5) is 0. The fourth-order valence-electron chi connectivity index (χ4n) is 1.89. The van der Waals surface area contributed by atoms with Crippen LogP contribution in [0.1, 0.15) is 36.7 Å². The van der Waals surface area contributed by atoms with Crippen molar-refractivity contribution in [3.63, 3.8) is 0 Å². The smallest absolute Gasteiger partial charge is 0.0738 e. The summed E-state index contributed by atoms with van der Waals surface area (Å²) in [6, 6.07) is 9.10. The monoisotopic (exact) mass is 244 g/mol. The Morgan fingerprint density at radius 2 is 2.00 bits per heavy atom. The summed E-state index contributed by atoms with van der Waals surface area (Å²) >= 11 is 0. The van der Waals surface area contributed by atoms with Crippen LogP contribution >= 0.6 is 0 Å². The van der Waals surface area contributed by atoms with Gasteiger partial charge in [0.2, 0.25) is 0 Å². The SMILES string of the molecule is CCc1ccc(C(C)NCc2cnnn2C)cc1. The van der Waals surface area contributed by atoms with Crippen molar-refractivity contribution in [3.05, 3.63) is 47.3 Å². The molecule has 0 amide bonds. The van der Waals surface area contributed by atoms with E-state index in [0.29, 0.717) is 6.04 Å². The van der Waals surface area contributed by atoms with Gasteiger partial charge in [0.25, 0.3) is 0 Å². The van der Waals surface area contributed by atoms with Crippen LogP contribution in [0.25, 0.3) is 0 Å². The van der Waals surface area contributed by atoms with Gasteiger partial charge in [-0.1, -0.05) is 36.4 Å². The molecule has 18 heavy (non-hydrogen) atoms. The molecule has 0 saturated carbocycles. The van der Waals surface area contributed by atoms with Crippen molar-refractivity contribution in [1.29, 1.82) is 0 Å². The van der Waals surface area contributed by atoms with Gasteiger partial charge in [0.15, 0.2) is 0 Å². The molecule has 2 rings (SSSR count). The van der Waals surface area contributed by atoms with Gasteiger partial charge in [0.05, 0.1) is 11.9 Å². The number of rotatable bonds is 5. The van der Waals surface area contributed by atoms with Gasteiger partial charge in [-0.3, -0.25) is 4.68 Å². The second kappa shape index (κ2) is 5.78. The van der Waals surface area contributed by atoms with E-state index in [0.717, 1.165) is 18.7 Å². The van der Waals surface area contributed by atoms with Crippen LogP contribution < -0.4 is 5.32 Å². The standard InChI is InChI=1S/C14H20N4/c1-4-12-5-7-13(8-6-12)11(2)15-9-14-10-16-17-18(14)3/h5-8,10-11,15H,4,9H2,1-3H3. The van der Waals surface area contributed by atoms with Gasteiger partial charge < -0.3 is 5.32 Å². The van der Waals surface area contributed by atoms with Crippen molar-refractivity contribution < 1.29 is 0 Å². The van der Waals surface area contributed by atoms with Crippen LogP contribution in [-0.4, -0.2) is 15.0 Å². The molecule has 1 aromatic heterocycles. The Hall–Kier alpha value is -1.68. The molecule has 2 aromatic rings. The average Bonchev–Trinajstić information content (AvgIpc) is 2.81. The van der Waals surface area contributed by atoms with Crippen molar-refractivity contribution in [3.8, 4) is 0 Å². The van der Waals surface area contributed by atoms with E-state index in [-0.39, 0.29) is 0 Å². The number of aromatic nitrogens is 3. The summed E-state index contributed by atoms with van der Waals surface area (Å²) in [6.45, 7) is 5.12. The maximum absolute atomic E-state index is 3.92. The third-order valence-corrected chi connectivity index (χ3v) is 3.29. The number of benzene rings is 1. The Morgan fingerprint density at radius 3 is 2.56 bits per heavy atom. The molecule has 1 N–H and O–H groups in total. The highest BCUT2D eigenvalue weighted by atomic mass is 15.4. The summed E-state index contributed by atoms with van der Waals surface area (Å²) in [6.07, 6.45) is 2.88. The van der Waals surface area contributed by atoms with Crippen LogP contribution in [0.5, 0.6) is 0 Å². The molecule has 0 bridgehead atoms. The molecule has 0 aliphatic carbocycles. The number of aryl methyl sites for hydroxylation is 2. The molecule has 1 heterocycles. The Labute approximate surface area is 108 Å². The maximum atomic E-state index is 3.92. The lowest BCUT2D eigenvalue weighted by Crippen LogP contribution is -2.19. The third-order valence-electron chi connectivity index (χ3n) is 3.29. The zero-order valence-corrected chi connectivity index (χ0v) is 11.2. The zero-order valence-electron chi connectivity index (χ0n) is 11.2. The summed E-state index contributed by atoms with van der Waals surface area (Å²) < 4.78 is 1.79. The minimum Gasteiger partial charge on any atom is -0.305 e. The van der Waals surface area contributed by atoms with E-state index in [9.17, 15) is 0 Å². The topological polar surface area (TPSA) is 42.7 Å². The summed E-state index contributed by atoms with van der Waals surface area (Å²) in [7, 11) is 1.91. The molecule has 96 valence electrons. The minimum absolute atomic E-state index is 0.325. The largest absolute Gasteiger partial charge is 0.305 e. The first-order valence-electron chi connectivity index (χ1n) is 6.36. The lowest BCUT2D eigenvalue weighted by molar-refractivity contribution is 0.546. The van der Waals surface area contributed by atoms with Crippen LogP contribution in [0.3, 0.4) is 0 Å². The molecular formula is C14H20N4. The van der Waals surface area contributed by atoms with E-state index in [1.165, 1.54) is 11.1 Å². The summed E-state index contributed by atoms with van der Waals surface area (Å²) in [5.41, 5.74) is 3.77. The quantitative estimate of drug-likeness (QED) is 0.877. The van der Waals surface area contributed by atoms with Crippen LogP contribution in [0.15, 0.2) is 30.5 Å². The normalized spacial score (nSPS) is 12.6. The van der Waals surface area contributed by atoms with Crippen LogP contribution in [0.2, 0.25) is 0 Å². The lowest BCUT2D eigenvalue weighted by Gasteiger charge is -2.14. The molecule has 0 fully saturated rings. The minimum atomic E-state index is 0.325. The Balaban J connectivity index is 1.94. The van der Waals surface area contributed by atoms with Crippen molar-refractivity contribution in [2.75, 3.05) is 0 Å². The third kappa shape index (κ3) is 2.96. The second-order valence-electron chi connectivity index (χ2n) is 4.55. The highest BCUT2D eigenvalue weighted by molar-refractivity contribution is 5.24. The Kier molecular flexibility index (Phi) is 4.10. The van der Waals surface area contributed by atoms with Crippen molar-refractivity contribution in [2.45, 2.75) is 32.9 Å². The summed E-state index contributed by atoms with van der Waals surface area (Å²) in [5, 5.41) is 11.3. The fourth-order valence-corrected chi connectivity index (χ4v) is 1.89. The molecule has 0 radical (unpaired) electrons. The lowest BCUT2D eigenvalue weighted by atomic mass is 10.1. The van der Waals surface area contributed by atoms with Gasteiger partial charge >= 0.3 is 0 Å². The van der Waals surface area contributed by atoms with Gasteiger partial charge in [-0.05, 0) is 24.5 Å². The highest BCUT2D eigenvalue weighted by Gasteiger charge is 2.06. The first-order valence-corrected chi connectivity index (χ1v) is 6.36. The number of hydrogen-bond acceptors (Lipinski definition) is 3. The summed E-state index contributed by atoms with van der Waals surface area (Å²) in [5.74, 6) is 0. The molecule has 0 saturated heterocycles. The number of hydrogen-bond donors (Lipinski definition) is 1. The Bertz CT molecular complexity index is 487. The average molecular weight is 244 g/mol. The van der Waals surface area contributed by atoms with E-state index >= 15 is 0 Å². The predicted octanol–water partition coefficient (Wildman–Crippen LogP) is 2.23. The number of nitrogens with one attached hydrogen (secondary N) is 1. The van der Waals surface area contributed by atoms with Gasteiger partial charge in [-0.25, -0.2) is 0 Å². The van der Waals surface area contributed by atoms with E-state index in [2.05, 4.69) is 53.7 Å². The van der Waals surface area contributed by atoms with Crippen molar-refractivity contribution >= 4 is 0 Å². The Morgan fingerprint density at radius 1 is 1.28 bits per heavy atom. The molecule has 0 aliphatic rings. The van der Waals surface area contributed by atoms with Crippen LogP contribution in [0, 0.1) is 0 Å². The predicted molar refractivity (Wildman–Crippen MR) is 72.1 cm³/mol. The molecule has 4 nitrogen and oxygen atoms in total. The van der Waals surface area contributed by atoms with E-state index in [1.807, 2.05) is 7.05 Å². The number of nitrogens with zero attached hydrogens (tertiary/aromatic N) is 3. The fraction of sp³-hybridized carbons (Fsp3) is 0.429. The van der Waals surface area contributed by atoms with Crippen LogP contribution in [0.4, 0.5) is 0 Å². The van der Waals surface area contributed by atoms with Crippen molar-refractivity contribution in [1.82, 2.24) is 20.3 Å². The molecule has 1 atom stereocenters. The molecular weight excluding hydrogens is 224 g/mol. The zero-order chi connectivity index (χ0) is 13.0. The molecule has 0 spiro atoms. The van der Waals surface area contributed by atoms with Gasteiger partial charge in [-0.2, -0.15) is 0 Å². The first kappa shape index (κ1) is 12.8. The second-order valence-corrected chi connectivity index (χ2v) is 4.55. The van der Waals surface area contributed by atoms with E-state index in [1.54, 1.807) is 10.9 Å². The van der Waals surface area contributed by atoms with Gasteiger partial charge in [0, 0.05) is 19.6 Å².